The molecule has 2 rings (SSSR count). The molecule has 0 nitrogen and oxygen atoms in total. The van der Waals surface area contributed by atoms with E-state index < -0.39 is 8.07 Å². The molecule has 5 heteroatoms. The fraction of sp³-hybridized carbons (Fsp3) is 0.444. The van der Waals surface area contributed by atoms with Crippen molar-refractivity contribution in [2.75, 3.05) is 0 Å². The predicted molar refractivity (Wildman–Crippen MR) is 87.3 cm³/mol. The van der Waals surface area contributed by atoms with E-state index in [-0.39, 0.29) is 64.0 Å². The van der Waals surface area contributed by atoms with Crippen LogP contribution in [0.15, 0.2) is 47.1 Å². The second-order valence-corrected chi connectivity index (χ2v) is 11.1. The van der Waals surface area contributed by atoms with Crippen molar-refractivity contribution in [1.82, 2.24) is 0 Å². The van der Waals surface area contributed by atoms with Gasteiger partial charge in [-0.15, -0.1) is 6.92 Å². The van der Waals surface area contributed by atoms with Crippen LogP contribution >= 0.6 is 0 Å². The van der Waals surface area contributed by atoms with Gasteiger partial charge in [0.25, 0.3) is 0 Å². The van der Waals surface area contributed by atoms with Gasteiger partial charge in [0, 0.05) is 0 Å². The molecule has 0 saturated carbocycles. The molecule has 0 heterocycles. The van der Waals surface area contributed by atoms with Gasteiger partial charge in [-0.25, -0.2) is 5.57 Å². The SMILES string of the molecule is CC[Si](C)(c1ccccc1)C1(C)[C-]=C(C)C(C)=C1C.[Cl-].[Cl-].[Cl-].[Ti+4]. The molecule has 23 heavy (non-hydrogen) atoms. The van der Waals surface area contributed by atoms with Crippen molar-refractivity contribution in [2.24, 2.45) is 0 Å². The molecule has 126 valence electrons. The monoisotopic (exact) mass is 422 g/mol. The van der Waals surface area contributed by atoms with Crippen molar-refractivity contribution in [2.45, 2.75) is 52.2 Å². The third kappa shape index (κ3) is 4.57. The maximum absolute atomic E-state index is 3.82. The standard InChI is InChI=1S/C18H25Si.3ClH.Ti/c1-7-19(6,17-11-9-8-10-12-17)18(5)13-14(2)15(3)16(18)4;;;;/h8-12H,7H2,1-6H3;3*1H;/q-1;;;;+4/p-3. The summed E-state index contributed by atoms with van der Waals surface area (Å²) < 4.78 is 0. The summed E-state index contributed by atoms with van der Waals surface area (Å²) in [5.74, 6) is 0. The minimum absolute atomic E-state index is 0. The summed E-state index contributed by atoms with van der Waals surface area (Å²) in [4.78, 5) is 0. The van der Waals surface area contributed by atoms with E-state index >= 15 is 0 Å². The molecular weight excluding hydrogens is 399 g/mol. The van der Waals surface area contributed by atoms with Gasteiger partial charge in [-0.05, 0) is 0 Å². The van der Waals surface area contributed by atoms with Crippen molar-refractivity contribution in [3.8, 4) is 0 Å². The summed E-state index contributed by atoms with van der Waals surface area (Å²) in [6.45, 7) is 14.0. The van der Waals surface area contributed by atoms with E-state index in [4.69, 9.17) is 0 Å². The van der Waals surface area contributed by atoms with Crippen molar-refractivity contribution in [3.05, 3.63) is 53.1 Å². The first-order valence-electron chi connectivity index (χ1n) is 7.22. The fourth-order valence-electron chi connectivity index (χ4n) is 3.42. The molecule has 1 aromatic rings. The normalized spacial score (nSPS) is 21.7. The summed E-state index contributed by atoms with van der Waals surface area (Å²) in [6, 6.07) is 12.4. The quantitative estimate of drug-likeness (QED) is 0.342. The van der Waals surface area contributed by atoms with Crippen LogP contribution in [0, 0.1) is 6.08 Å². The molecule has 0 spiro atoms. The number of halogens is 3. The number of rotatable bonds is 3. The van der Waals surface area contributed by atoms with Crippen molar-refractivity contribution >= 4 is 13.3 Å². The van der Waals surface area contributed by atoms with Gasteiger partial charge >= 0.3 is 21.7 Å². The minimum atomic E-state index is -1.63. The first-order chi connectivity index (χ1) is 8.87. The van der Waals surface area contributed by atoms with Gasteiger partial charge in [-0.3, -0.25) is 6.08 Å². The average Bonchev–Trinajstić information content (AvgIpc) is 2.63. The Morgan fingerprint density at radius 2 is 1.48 bits per heavy atom. The van der Waals surface area contributed by atoms with Gasteiger partial charge in [0.15, 0.2) is 0 Å². The fourth-order valence-corrected chi connectivity index (χ4v) is 7.52. The molecular formula is C18H25Cl3SiTi. The Balaban J connectivity index is -0.000001000. The molecule has 1 aliphatic carbocycles. The Morgan fingerprint density at radius 1 is 1.00 bits per heavy atom. The van der Waals surface area contributed by atoms with Gasteiger partial charge in [-0.2, -0.15) is 11.1 Å². The zero-order valence-corrected chi connectivity index (χ0v) is 19.6. The van der Waals surface area contributed by atoms with Crippen LogP contribution in [-0.4, -0.2) is 8.07 Å². The van der Waals surface area contributed by atoms with Gasteiger partial charge in [-0.1, -0.05) is 80.8 Å². The van der Waals surface area contributed by atoms with E-state index in [1.54, 1.807) is 5.19 Å². The number of hydrogen-bond donors (Lipinski definition) is 0. The molecule has 0 amide bonds. The second-order valence-electron chi connectivity index (χ2n) is 6.18. The van der Waals surface area contributed by atoms with Crippen molar-refractivity contribution in [3.63, 3.8) is 0 Å². The number of allylic oxidation sites excluding steroid dienone is 4. The summed E-state index contributed by atoms with van der Waals surface area (Å²) >= 11 is 0. The minimum Gasteiger partial charge on any atom is -1.00 e. The van der Waals surface area contributed by atoms with Crippen LogP contribution in [0.2, 0.25) is 17.6 Å². The van der Waals surface area contributed by atoms with E-state index in [1.807, 2.05) is 0 Å². The van der Waals surface area contributed by atoms with E-state index in [9.17, 15) is 0 Å². The third-order valence-electron chi connectivity index (χ3n) is 5.53. The van der Waals surface area contributed by atoms with E-state index in [2.05, 4.69) is 77.6 Å². The van der Waals surface area contributed by atoms with Crippen LogP contribution in [0.1, 0.15) is 34.6 Å². The molecule has 0 N–H and O–H groups in total. The molecule has 0 fully saturated rings. The van der Waals surface area contributed by atoms with Crippen LogP contribution in [0.5, 0.6) is 0 Å². The Morgan fingerprint density at radius 3 is 1.83 bits per heavy atom. The molecule has 0 radical (unpaired) electrons. The predicted octanol–water partition coefficient (Wildman–Crippen LogP) is -4.14. The first kappa shape index (κ1) is 28.3. The van der Waals surface area contributed by atoms with Gasteiger partial charge in [0.1, 0.15) is 0 Å². The zero-order chi connectivity index (χ0) is 14.3. The average molecular weight is 424 g/mol. The molecule has 1 aromatic carbocycles. The molecule has 0 aromatic heterocycles. The number of hydrogen-bond acceptors (Lipinski definition) is 0. The Bertz CT molecular complexity index is 557. The van der Waals surface area contributed by atoms with E-state index in [1.165, 1.54) is 22.8 Å². The van der Waals surface area contributed by atoms with Crippen LogP contribution in [0.4, 0.5) is 0 Å². The molecule has 2 atom stereocenters. The maximum Gasteiger partial charge on any atom is 4.00 e. The molecule has 2 unspecified atom stereocenters. The Hall–Kier alpha value is 0.501. The van der Waals surface area contributed by atoms with Crippen molar-refractivity contribution < 1.29 is 58.9 Å². The summed E-state index contributed by atoms with van der Waals surface area (Å²) in [5, 5.41) is 1.69. The molecule has 0 bridgehead atoms. The molecule has 0 saturated heterocycles. The Labute approximate surface area is 176 Å². The van der Waals surface area contributed by atoms with Crippen LogP contribution in [0.3, 0.4) is 0 Å². The van der Waals surface area contributed by atoms with Crippen LogP contribution in [-0.2, 0) is 21.7 Å². The van der Waals surface area contributed by atoms with Gasteiger partial charge < -0.3 is 37.2 Å². The topological polar surface area (TPSA) is 0 Å². The third-order valence-corrected chi connectivity index (χ3v) is 11.3. The van der Waals surface area contributed by atoms with Crippen LogP contribution in [0.25, 0.3) is 0 Å². The molecule has 0 aliphatic heterocycles. The van der Waals surface area contributed by atoms with E-state index in [0.717, 1.165) is 0 Å². The maximum atomic E-state index is 3.82. The zero-order valence-electron chi connectivity index (χ0n) is 14.7. The number of benzene rings is 1. The Kier molecular flexibility index (Phi) is 12.9. The van der Waals surface area contributed by atoms with Gasteiger partial charge in [0.05, 0.1) is 8.07 Å². The van der Waals surface area contributed by atoms with Crippen LogP contribution < -0.4 is 42.4 Å². The second kappa shape index (κ2) is 10.5. The van der Waals surface area contributed by atoms with Gasteiger partial charge in [0.2, 0.25) is 0 Å². The summed E-state index contributed by atoms with van der Waals surface area (Å²) in [5.41, 5.74) is 4.33. The smallest absolute Gasteiger partial charge is 1.00 e. The van der Waals surface area contributed by atoms with E-state index in [0.29, 0.717) is 0 Å². The largest absolute Gasteiger partial charge is 4.00 e. The summed E-state index contributed by atoms with van der Waals surface area (Å²) in [7, 11) is -1.63. The summed E-state index contributed by atoms with van der Waals surface area (Å²) in [6.07, 6.45) is 3.82. The molecule has 1 aliphatic rings. The van der Waals surface area contributed by atoms with Crippen molar-refractivity contribution in [1.29, 1.82) is 0 Å². The first-order valence-corrected chi connectivity index (χ1v) is 9.93.